The van der Waals surface area contributed by atoms with Crippen LogP contribution in [0.15, 0.2) is 48.8 Å². The molecule has 0 spiro atoms. The lowest BCUT2D eigenvalue weighted by atomic mass is 10.1. The molecular formula is C21H23N5O2. The molecule has 1 saturated heterocycles. The van der Waals surface area contributed by atoms with Crippen molar-refractivity contribution < 1.29 is 9.53 Å². The van der Waals surface area contributed by atoms with Crippen LogP contribution >= 0.6 is 0 Å². The molecule has 0 saturated carbocycles. The standard InChI is InChI=1S/C21H23N5O2/c1-2-28-21(27)17-15-22-18-8-4-3-7-16(18)20(17)26-12-6-11-25(13-14-26)19-9-5-10-23-24-19/h3-5,7-10,15H,2,6,11-14H2,1H3. The van der Waals surface area contributed by atoms with Crippen molar-refractivity contribution in [3.05, 3.63) is 54.4 Å². The smallest absolute Gasteiger partial charge is 0.341 e. The molecule has 0 aliphatic carbocycles. The van der Waals surface area contributed by atoms with Gasteiger partial charge in [0.1, 0.15) is 5.56 Å². The first kappa shape index (κ1) is 18.2. The minimum absolute atomic E-state index is 0.328. The zero-order chi connectivity index (χ0) is 19.3. The van der Waals surface area contributed by atoms with Crippen molar-refractivity contribution in [3.8, 4) is 0 Å². The molecule has 1 aliphatic heterocycles. The summed E-state index contributed by atoms with van der Waals surface area (Å²) < 4.78 is 5.30. The fraction of sp³-hybridized carbons (Fsp3) is 0.333. The van der Waals surface area contributed by atoms with E-state index in [0.29, 0.717) is 12.2 Å². The lowest BCUT2D eigenvalue weighted by molar-refractivity contribution is 0.0527. The number of benzene rings is 1. The molecule has 144 valence electrons. The molecule has 1 fully saturated rings. The summed E-state index contributed by atoms with van der Waals surface area (Å²) in [7, 11) is 0. The first-order valence-corrected chi connectivity index (χ1v) is 9.60. The second-order valence-corrected chi connectivity index (χ2v) is 6.67. The van der Waals surface area contributed by atoms with Crippen molar-refractivity contribution >= 4 is 28.4 Å². The van der Waals surface area contributed by atoms with Gasteiger partial charge in [-0.3, -0.25) is 4.98 Å². The summed E-state index contributed by atoms with van der Waals surface area (Å²) in [5.41, 5.74) is 2.30. The van der Waals surface area contributed by atoms with E-state index < -0.39 is 0 Å². The number of rotatable bonds is 4. The molecule has 28 heavy (non-hydrogen) atoms. The van der Waals surface area contributed by atoms with Gasteiger partial charge in [-0.05, 0) is 31.5 Å². The molecule has 4 rings (SSSR count). The third kappa shape index (κ3) is 3.60. The van der Waals surface area contributed by atoms with Crippen LogP contribution in [0.3, 0.4) is 0 Å². The Hall–Kier alpha value is -3.22. The maximum Gasteiger partial charge on any atom is 0.341 e. The fourth-order valence-corrected chi connectivity index (χ4v) is 3.66. The Balaban J connectivity index is 1.69. The van der Waals surface area contributed by atoms with Gasteiger partial charge in [0.25, 0.3) is 0 Å². The molecule has 3 aromatic rings. The normalized spacial score (nSPS) is 14.8. The van der Waals surface area contributed by atoms with E-state index >= 15 is 0 Å². The molecule has 0 radical (unpaired) electrons. The average molecular weight is 377 g/mol. The number of ether oxygens (including phenoxy) is 1. The summed E-state index contributed by atoms with van der Waals surface area (Å²) in [5, 5.41) is 9.20. The molecule has 1 aromatic carbocycles. The highest BCUT2D eigenvalue weighted by atomic mass is 16.5. The van der Waals surface area contributed by atoms with Crippen LogP contribution in [0.5, 0.6) is 0 Å². The van der Waals surface area contributed by atoms with Crippen LogP contribution in [-0.4, -0.2) is 53.9 Å². The number of hydrogen-bond donors (Lipinski definition) is 0. The first-order chi connectivity index (χ1) is 13.8. The third-order valence-electron chi connectivity index (χ3n) is 4.94. The topological polar surface area (TPSA) is 71.5 Å². The number of hydrogen-bond acceptors (Lipinski definition) is 7. The van der Waals surface area contributed by atoms with E-state index in [2.05, 4.69) is 25.0 Å². The quantitative estimate of drug-likeness (QED) is 0.647. The molecule has 1 aliphatic rings. The number of fused-ring (bicyclic) bond motifs is 1. The molecule has 0 atom stereocenters. The lowest BCUT2D eigenvalue weighted by Crippen LogP contribution is -2.32. The summed E-state index contributed by atoms with van der Waals surface area (Å²) in [6, 6.07) is 11.8. The number of aromatic nitrogens is 3. The summed E-state index contributed by atoms with van der Waals surface area (Å²) in [6.07, 6.45) is 4.28. The minimum atomic E-state index is -0.328. The SMILES string of the molecule is CCOC(=O)c1cnc2ccccc2c1N1CCCN(c2cccnn2)CC1. The van der Waals surface area contributed by atoms with Gasteiger partial charge in [-0.25, -0.2) is 4.79 Å². The van der Waals surface area contributed by atoms with E-state index in [0.717, 1.165) is 55.0 Å². The monoisotopic (exact) mass is 377 g/mol. The lowest BCUT2D eigenvalue weighted by Gasteiger charge is -2.26. The van der Waals surface area contributed by atoms with E-state index in [9.17, 15) is 4.79 Å². The second kappa shape index (κ2) is 8.21. The molecule has 0 bridgehead atoms. The van der Waals surface area contributed by atoms with Crippen molar-refractivity contribution in [1.29, 1.82) is 0 Å². The number of pyridine rings is 1. The van der Waals surface area contributed by atoms with E-state index in [1.165, 1.54) is 0 Å². The van der Waals surface area contributed by atoms with Crippen LogP contribution in [0.4, 0.5) is 11.5 Å². The highest BCUT2D eigenvalue weighted by Gasteiger charge is 2.24. The minimum Gasteiger partial charge on any atom is -0.462 e. The van der Waals surface area contributed by atoms with Crippen LogP contribution in [0.1, 0.15) is 23.7 Å². The molecular weight excluding hydrogens is 354 g/mol. The predicted molar refractivity (Wildman–Crippen MR) is 109 cm³/mol. The molecule has 3 heterocycles. The highest BCUT2D eigenvalue weighted by Crippen LogP contribution is 2.31. The van der Waals surface area contributed by atoms with E-state index in [1.54, 1.807) is 12.4 Å². The van der Waals surface area contributed by atoms with Gasteiger partial charge in [-0.15, -0.1) is 5.10 Å². The summed E-state index contributed by atoms with van der Waals surface area (Å²) in [5.74, 6) is 0.556. The van der Waals surface area contributed by atoms with Crippen LogP contribution in [0, 0.1) is 0 Å². The number of carbonyl (C=O) groups excluding carboxylic acids is 1. The van der Waals surface area contributed by atoms with E-state index in [-0.39, 0.29) is 5.97 Å². The van der Waals surface area contributed by atoms with Gasteiger partial charge in [0.05, 0.1) is 17.8 Å². The maximum atomic E-state index is 12.6. The molecule has 2 aromatic heterocycles. The van der Waals surface area contributed by atoms with Gasteiger partial charge in [0, 0.05) is 44.0 Å². The van der Waals surface area contributed by atoms with Crippen molar-refractivity contribution in [2.24, 2.45) is 0 Å². The van der Waals surface area contributed by atoms with Gasteiger partial charge in [-0.1, -0.05) is 18.2 Å². The van der Waals surface area contributed by atoms with E-state index in [4.69, 9.17) is 4.74 Å². The van der Waals surface area contributed by atoms with Crippen molar-refractivity contribution in [2.45, 2.75) is 13.3 Å². The van der Waals surface area contributed by atoms with Gasteiger partial charge in [-0.2, -0.15) is 5.10 Å². The van der Waals surface area contributed by atoms with Crippen LogP contribution in [0.25, 0.3) is 10.9 Å². The largest absolute Gasteiger partial charge is 0.462 e. The van der Waals surface area contributed by atoms with Gasteiger partial charge < -0.3 is 14.5 Å². The Bertz CT molecular complexity index is 963. The zero-order valence-corrected chi connectivity index (χ0v) is 15.9. The Morgan fingerprint density at radius 3 is 2.71 bits per heavy atom. The molecule has 0 amide bonds. The van der Waals surface area contributed by atoms with Crippen molar-refractivity contribution in [1.82, 2.24) is 15.2 Å². The van der Waals surface area contributed by atoms with E-state index in [1.807, 2.05) is 43.3 Å². The van der Waals surface area contributed by atoms with Crippen LogP contribution < -0.4 is 9.80 Å². The average Bonchev–Trinajstić information content (AvgIpc) is 3.00. The number of carbonyl (C=O) groups is 1. The highest BCUT2D eigenvalue weighted by molar-refractivity contribution is 6.05. The number of nitrogens with zero attached hydrogens (tertiary/aromatic N) is 5. The molecule has 0 unspecified atom stereocenters. The summed E-state index contributed by atoms with van der Waals surface area (Å²) >= 11 is 0. The van der Waals surface area contributed by atoms with Crippen LogP contribution in [0.2, 0.25) is 0 Å². The summed E-state index contributed by atoms with van der Waals surface area (Å²) in [6.45, 7) is 5.47. The predicted octanol–water partition coefficient (Wildman–Crippen LogP) is 2.92. The Kier molecular flexibility index (Phi) is 5.32. The Labute approximate surface area is 164 Å². The van der Waals surface area contributed by atoms with Gasteiger partial charge >= 0.3 is 5.97 Å². The molecule has 7 nitrogen and oxygen atoms in total. The zero-order valence-electron chi connectivity index (χ0n) is 15.9. The third-order valence-corrected chi connectivity index (χ3v) is 4.94. The van der Waals surface area contributed by atoms with Gasteiger partial charge in [0.15, 0.2) is 5.82 Å². The van der Waals surface area contributed by atoms with Crippen LogP contribution in [-0.2, 0) is 4.74 Å². The molecule has 0 N–H and O–H groups in total. The molecule has 7 heteroatoms. The second-order valence-electron chi connectivity index (χ2n) is 6.67. The first-order valence-electron chi connectivity index (χ1n) is 9.60. The number of para-hydroxylation sites is 1. The van der Waals surface area contributed by atoms with Crippen molar-refractivity contribution in [2.75, 3.05) is 42.6 Å². The van der Waals surface area contributed by atoms with Crippen molar-refractivity contribution in [3.63, 3.8) is 0 Å². The Morgan fingerprint density at radius 2 is 1.89 bits per heavy atom. The maximum absolute atomic E-state index is 12.6. The van der Waals surface area contributed by atoms with Gasteiger partial charge in [0.2, 0.25) is 0 Å². The number of anilines is 2. The fourth-order valence-electron chi connectivity index (χ4n) is 3.66. The number of esters is 1. The Morgan fingerprint density at radius 1 is 1.07 bits per heavy atom. The summed E-state index contributed by atoms with van der Waals surface area (Å²) in [4.78, 5) is 21.6.